The molecule has 0 N–H and O–H groups in total. The van der Waals surface area contributed by atoms with Crippen molar-refractivity contribution in [2.24, 2.45) is 0 Å². The van der Waals surface area contributed by atoms with Crippen molar-refractivity contribution in [2.45, 2.75) is 13.5 Å². The van der Waals surface area contributed by atoms with Crippen molar-refractivity contribution in [2.75, 3.05) is 0 Å². The van der Waals surface area contributed by atoms with Crippen LogP contribution in [0.25, 0.3) is 0 Å². The number of rotatable bonds is 2. The van der Waals surface area contributed by atoms with E-state index < -0.39 is 6.61 Å². The van der Waals surface area contributed by atoms with Gasteiger partial charge in [0.25, 0.3) is 0 Å². The first kappa shape index (κ1) is 8.97. The molecule has 0 aliphatic rings. The average molecular weight is 169 g/mol. The fourth-order valence-corrected chi connectivity index (χ4v) is 0.722. The van der Waals surface area contributed by atoms with Crippen LogP contribution in [0.1, 0.15) is 5.69 Å². The SMILES string of the molecule is [B]c1ccc(C)nc1OC(F)F. The zero-order valence-electron chi connectivity index (χ0n) is 6.42. The summed E-state index contributed by atoms with van der Waals surface area (Å²) in [4.78, 5) is 3.69. The van der Waals surface area contributed by atoms with E-state index in [0.29, 0.717) is 5.69 Å². The molecule has 0 aliphatic heterocycles. The minimum Gasteiger partial charge on any atom is -0.418 e. The van der Waals surface area contributed by atoms with Gasteiger partial charge in [0.05, 0.1) is 0 Å². The highest BCUT2D eigenvalue weighted by Crippen LogP contribution is 2.06. The molecule has 0 unspecified atom stereocenters. The van der Waals surface area contributed by atoms with Gasteiger partial charge in [-0.15, -0.1) is 0 Å². The summed E-state index contributed by atoms with van der Waals surface area (Å²) in [5.41, 5.74) is 0.695. The summed E-state index contributed by atoms with van der Waals surface area (Å²) in [6, 6.07) is 3.09. The monoisotopic (exact) mass is 169 g/mol. The van der Waals surface area contributed by atoms with Gasteiger partial charge in [-0.25, -0.2) is 4.98 Å². The van der Waals surface area contributed by atoms with Crippen LogP contribution in [0.2, 0.25) is 0 Å². The Morgan fingerprint density at radius 2 is 2.17 bits per heavy atom. The Morgan fingerprint density at radius 1 is 1.50 bits per heavy atom. The van der Waals surface area contributed by atoms with E-state index in [9.17, 15) is 8.78 Å². The fraction of sp³-hybridized carbons (Fsp3) is 0.286. The molecule has 0 saturated carbocycles. The average Bonchev–Trinajstić information content (AvgIpc) is 1.96. The lowest BCUT2D eigenvalue weighted by molar-refractivity contribution is -0.0521. The van der Waals surface area contributed by atoms with Crippen molar-refractivity contribution in [3.8, 4) is 5.88 Å². The lowest BCUT2D eigenvalue weighted by Gasteiger charge is -2.06. The summed E-state index contributed by atoms with van der Waals surface area (Å²) in [5.74, 6) is -0.218. The topological polar surface area (TPSA) is 22.1 Å². The first-order valence-corrected chi connectivity index (χ1v) is 3.27. The summed E-state index contributed by atoms with van der Waals surface area (Å²) < 4.78 is 27.5. The lowest BCUT2D eigenvalue weighted by atomic mass is 9.98. The molecule has 12 heavy (non-hydrogen) atoms. The third-order valence-corrected chi connectivity index (χ3v) is 1.23. The minimum absolute atomic E-state index is 0.112. The Kier molecular flexibility index (Phi) is 2.63. The number of nitrogens with zero attached hydrogens (tertiary/aromatic N) is 1. The van der Waals surface area contributed by atoms with Crippen LogP contribution >= 0.6 is 0 Å². The van der Waals surface area contributed by atoms with Crippen molar-refractivity contribution in [1.82, 2.24) is 4.98 Å². The van der Waals surface area contributed by atoms with E-state index in [2.05, 4.69) is 9.72 Å². The fourth-order valence-electron chi connectivity index (χ4n) is 0.722. The van der Waals surface area contributed by atoms with Gasteiger partial charge in [-0.05, 0) is 18.5 Å². The van der Waals surface area contributed by atoms with Crippen LogP contribution in [0.15, 0.2) is 12.1 Å². The molecule has 0 spiro atoms. The smallest absolute Gasteiger partial charge is 0.388 e. The molecule has 1 aromatic rings. The summed E-state index contributed by atoms with van der Waals surface area (Å²) >= 11 is 0. The van der Waals surface area contributed by atoms with Gasteiger partial charge in [-0.2, -0.15) is 8.78 Å². The quantitative estimate of drug-likeness (QED) is 0.610. The van der Waals surface area contributed by atoms with E-state index in [1.165, 1.54) is 6.07 Å². The summed E-state index contributed by atoms with van der Waals surface area (Å²) in [6.45, 7) is -1.22. The van der Waals surface area contributed by atoms with Crippen LogP contribution in [0, 0.1) is 6.92 Å². The number of alkyl halides is 2. The zero-order valence-corrected chi connectivity index (χ0v) is 6.42. The highest BCUT2D eigenvalue weighted by atomic mass is 19.3. The highest BCUT2D eigenvalue weighted by Gasteiger charge is 2.07. The predicted molar refractivity (Wildman–Crippen MR) is 41.0 cm³/mol. The Labute approximate surface area is 70.0 Å². The summed E-state index contributed by atoms with van der Waals surface area (Å²) in [5, 5.41) is 0. The molecular weight excluding hydrogens is 163 g/mol. The number of hydrogen-bond donors (Lipinski definition) is 0. The second-order valence-electron chi connectivity index (χ2n) is 2.23. The van der Waals surface area contributed by atoms with E-state index in [0.717, 1.165) is 0 Å². The van der Waals surface area contributed by atoms with Gasteiger partial charge < -0.3 is 4.74 Å². The van der Waals surface area contributed by atoms with Crippen molar-refractivity contribution in [3.63, 3.8) is 0 Å². The summed E-state index contributed by atoms with van der Waals surface area (Å²) in [6.07, 6.45) is 0. The second kappa shape index (κ2) is 3.52. The molecule has 0 bridgehead atoms. The first-order chi connectivity index (χ1) is 5.59. The predicted octanol–water partition coefficient (Wildman–Crippen LogP) is 0.785. The maximum absolute atomic E-state index is 11.7. The van der Waals surface area contributed by atoms with Crippen LogP contribution < -0.4 is 10.2 Å². The molecule has 2 nitrogen and oxygen atoms in total. The molecule has 0 atom stereocenters. The van der Waals surface area contributed by atoms with E-state index >= 15 is 0 Å². The van der Waals surface area contributed by atoms with Gasteiger partial charge in [0.2, 0.25) is 5.88 Å². The molecule has 0 fully saturated rings. The third-order valence-electron chi connectivity index (χ3n) is 1.23. The lowest BCUT2D eigenvalue weighted by Crippen LogP contribution is -2.15. The first-order valence-electron chi connectivity index (χ1n) is 3.27. The highest BCUT2D eigenvalue weighted by molar-refractivity contribution is 6.33. The Bertz CT molecular complexity index is 280. The van der Waals surface area contributed by atoms with Gasteiger partial charge in [0, 0.05) is 5.69 Å². The maximum Gasteiger partial charge on any atom is 0.388 e. The molecule has 1 heterocycles. The number of ether oxygens (including phenoxy) is 1. The van der Waals surface area contributed by atoms with E-state index in [1.807, 2.05) is 0 Å². The third kappa shape index (κ3) is 2.18. The molecule has 62 valence electrons. The van der Waals surface area contributed by atoms with Crippen LogP contribution in [0.4, 0.5) is 8.78 Å². The molecule has 2 radical (unpaired) electrons. The van der Waals surface area contributed by atoms with E-state index in [4.69, 9.17) is 7.85 Å². The molecule has 0 saturated heterocycles. The van der Waals surface area contributed by atoms with Gasteiger partial charge in [0.15, 0.2) is 0 Å². The standard InChI is InChI=1S/C7H6BF2NO/c1-4-2-3-5(8)6(11-4)12-7(9)10/h2-3,7H,1H3. The molecule has 1 rings (SSSR count). The van der Waals surface area contributed by atoms with Gasteiger partial charge in [-0.1, -0.05) is 6.07 Å². The second-order valence-corrected chi connectivity index (χ2v) is 2.23. The maximum atomic E-state index is 11.7. The molecule has 0 aromatic carbocycles. The molecule has 0 aliphatic carbocycles. The molecular formula is C7H6BF2NO. The number of aromatic nitrogens is 1. The largest absolute Gasteiger partial charge is 0.418 e. The van der Waals surface area contributed by atoms with E-state index in [1.54, 1.807) is 13.0 Å². The van der Waals surface area contributed by atoms with Gasteiger partial charge in [-0.3, -0.25) is 0 Å². The molecule has 5 heteroatoms. The minimum atomic E-state index is -2.89. The Morgan fingerprint density at radius 3 is 2.75 bits per heavy atom. The number of pyridine rings is 1. The van der Waals surface area contributed by atoms with Crippen molar-refractivity contribution < 1.29 is 13.5 Å². The Hall–Kier alpha value is -1.13. The van der Waals surface area contributed by atoms with Crippen LogP contribution in [0.3, 0.4) is 0 Å². The number of hydrogen-bond acceptors (Lipinski definition) is 2. The molecule has 0 amide bonds. The Balaban J connectivity index is 2.90. The van der Waals surface area contributed by atoms with Gasteiger partial charge in [0.1, 0.15) is 7.85 Å². The van der Waals surface area contributed by atoms with Gasteiger partial charge >= 0.3 is 6.61 Å². The van der Waals surface area contributed by atoms with Crippen LogP contribution in [-0.2, 0) is 0 Å². The summed E-state index contributed by atoms with van der Waals surface area (Å²) in [7, 11) is 5.32. The van der Waals surface area contributed by atoms with Crippen molar-refractivity contribution in [3.05, 3.63) is 17.8 Å². The van der Waals surface area contributed by atoms with Crippen LogP contribution in [0.5, 0.6) is 5.88 Å². The van der Waals surface area contributed by atoms with Crippen molar-refractivity contribution in [1.29, 1.82) is 0 Å². The zero-order chi connectivity index (χ0) is 9.14. The van der Waals surface area contributed by atoms with Crippen molar-refractivity contribution >= 4 is 13.3 Å². The molecule has 1 aromatic heterocycles. The van der Waals surface area contributed by atoms with E-state index in [-0.39, 0.29) is 11.3 Å². The number of aryl methyl sites for hydroxylation is 1. The normalized spacial score (nSPS) is 10.3. The number of halogens is 2. The van der Waals surface area contributed by atoms with Crippen LogP contribution in [-0.4, -0.2) is 19.4 Å².